The number of amides is 2. The summed E-state index contributed by atoms with van der Waals surface area (Å²) in [5.41, 5.74) is 0.846. The van der Waals surface area contributed by atoms with Gasteiger partial charge in [0.2, 0.25) is 0 Å². The molecule has 4 heteroatoms. The number of para-hydroxylation sites is 1. The Morgan fingerprint density at radius 2 is 2.04 bits per heavy atom. The molecule has 1 aliphatic heterocycles. The molecule has 1 aromatic carbocycles. The summed E-state index contributed by atoms with van der Waals surface area (Å²) in [5.74, 6) is 0.558. The monoisotopic (exact) mass is 314 g/mol. The molecule has 2 aliphatic rings. The molecule has 1 saturated heterocycles. The van der Waals surface area contributed by atoms with Crippen molar-refractivity contribution in [1.82, 2.24) is 4.90 Å². The lowest BCUT2D eigenvalue weighted by atomic mass is 9.94. The summed E-state index contributed by atoms with van der Waals surface area (Å²) in [4.78, 5) is 14.7. The number of hydrogen-bond donors (Lipinski definition) is 1. The van der Waals surface area contributed by atoms with Gasteiger partial charge in [0.25, 0.3) is 0 Å². The van der Waals surface area contributed by atoms with Gasteiger partial charge >= 0.3 is 6.03 Å². The smallest absolute Gasteiger partial charge is 0.321 e. The highest BCUT2D eigenvalue weighted by molar-refractivity contribution is 5.89. The van der Waals surface area contributed by atoms with Crippen LogP contribution in [-0.4, -0.2) is 36.7 Å². The third-order valence-electron chi connectivity index (χ3n) is 4.62. The van der Waals surface area contributed by atoms with Gasteiger partial charge in [-0.15, -0.1) is 0 Å². The van der Waals surface area contributed by atoms with Crippen molar-refractivity contribution in [3.8, 4) is 0 Å². The Morgan fingerprint density at radius 1 is 1.17 bits per heavy atom. The van der Waals surface area contributed by atoms with E-state index in [1.807, 2.05) is 35.2 Å². The van der Waals surface area contributed by atoms with Gasteiger partial charge in [-0.2, -0.15) is 0 Å². The molecule has 4 nitrogen and oxygen atoms in total. The second kappa shape index (κ2) is 8.16. The standard InChI is InChI=1S/C19H26N2O2/c22-19(20-17-10-5-2-6-11-17)21(15-18-12-7-13-23-18)14-16-8-3-1-4-9-16/h1-3,5-6,10-11,16,18H,4,7-9,12-15H2,(H,20,22)/t16-,18+/m1/s1. The van der Waals surface area contributed by atoms with Crippen LogP contribution >= 0.6 is 0 Å². The molecule has 2 amide bonds. The van der Waals surface area contributed by atoms with Crippen molar-refractivity contribution in [3.63, 3.8) is 0 Å². The first-order chi connectivity index (χ1) is 11.3. The Kier molecular flexibility index (Phi) is 5.70. The normalized spacial score (nSPS) is 23.7. The molecule has 2 atom stereocenters. The first-order valence-electron chi connectivity index (χ1n) is 8.69. The lowest BCUT2D eigenvalue weighted by Gasteiger charge is -2.30. The van der Waals surface area contributed by atoms with Crippen LogP contribution in [0.5, 0.6) is 0 Å². The number of anilines is 1. The number of allylic oxidation sites excluding steroid dienone is 2. The molecule has 0 spiro atoms. The van der Waals surface area contributed by atoms with Gasteiger partial charge in [-0.25, -0.2) is 4.79 Å². The highest BCUT2D eigenvalue weighted by Crippen LogP contribution is 2.21. The Labute approximate surface area is 138 Å². The van der Waals surface area contributed by atoms with Crippen LogP contribution < -0.4 is 5.32 Å². The molecule has 124 valence electrons. The molecular weight excluding hydrogens is 288 g/mol. The molecule has 23 heavy (non-hydrogen) atoms. The summed E-state index contributed by atoms with van der Waals surface area (Å²) in [5, 5.41) is 3.02. The van der Waals surface area contributed by atoms with Crippen molar-refractivity contribution in [2.24, 2.45) is 5.92 Å². The summed E-state index contributed by atoms with van der Waals surface area (Å²) >= 11 is 0. The van der Waals surface area contributed by atoms with E-state index in [1.54, 1.807) is 0 Å². The van der Waals surface area contributed by atoms with Crippen LogP contribution in [0.4, 0.5) is 10.5 Å². The maximum Gasteiger partial charge on any atom is 0.321 e. The second-order valence-corrected chi connectivity index (χ2v) is 6.49. The predicted octanol–water partition coefficient (Wildman–Crippen LogP) is 4.06. The number of urea groups is 1. The first kappa shape index (κ1) is 16.1. The van der Waals surface area contributed by atoms with Crippen molar-refractivity contribution >= 4 is 11.7 Å². The minimum Gasteiger partial charge on any atom is -0.376 e. The summed E-state index contributed by atoms with van der Waals surface area (Å²) in [6, 6.07) is 9.66. The van der Waals surface area contributed by atoms with Crippen molar-refractivity contribution in [2.75, 3.05) is 25.0 Å². The molecule has 3 rings (SSSR count). The second-order valence-electron chi connectivity index (χ2n) is 6.49. The van der Waals surface area contributed by atoms with E-state index in [0.29, 0.717) is 12.5 Å². The molecular formula is C19H26N2O2. The summed E-state index contributed by atoms with van der Waals surface area (Å²) in [7, 11) is 0. The van der Waals surface area contributed by atoms with E-state index in [0.717, 1.165) is 50.9 Å². The van der Waals surface area contributed by atoms with E-state index < -0.39 is 0 Å². The number of nitrogens with one attached hydrogen (secondary N) is 1. The van der Waals surface area contributed by atoms with Crippen LogP contribution in [0.15, 0.2) is 42.5 Å². The zero-order chi connectivity index (χ0) is 15.9. The molecule has 1 N–H and O–H groups in total. The minimum absolute atomic E-state index is 0.0127. The fourth-order valence-electron chi connectivity index (χ4n) is 3.33. The minimum atomic E-state index is -0.0127. The third kappa shape index (κ3) is 4.83. The molecule has 1 aliphatic carbocycles. The topological polar surface area (TPSA) is 41.6 Å². The number of ether oxygens (including phenoxy) is 1. The molecule has 0 radical (unpaired) electrons. The maximum atomic E-state index is 12.7. The molecule has 1 aromatic rings. The molecule has 1 heterocycles. The zero-order valence-corrected chi connectivity index (χ0v) is 13.6. The van der Waals surface area contributed by atoms with Crippen molar-refractivity contribution in [3.05, 3.63) is 42.5 Å². The van der Waals surface area contributed by atoms with Crippen LogP contribution in [0.1, 0.15) is 32.1 Å². The Hall–Kier alpha value is -1.81. The number of nitrogens with zero attached hydrogens (tertiary/aromatic N) is 1. The average molecular weight is 314 g/mol. The summed E-state index contributed by atoms with van der Waals surface area (Å²) in [6.45, 7) is 2.33. The van der Waals surface area contributed by atoms with Gasteiger partial charge in [0.15, 0.2) is 0 Å². The van der Waals surface area contributed by atoms with Gasteiger partial charge in [0.05, 0.1) is 6.10 Å². The fourth-order valence-corrected chi connectivity index (χ4v) is 3.33. The molecule has 1 fully saturated rings. The van der Waals surface area contributed by atoms with Crippen molar-refractivity contribution in [1.29, 1.82) is 0 Å². The SMILES string of the molecule is O=C(Nc1ccccc1)N(C[C@@H]1CC=CCC1)C[C@@H]1CCCO1. The van der Waals surface area contributed by atoms with Crippen LogP contribution in [0, 0.1) is 5.92 Å². The van der Waals surface area contributed by atoms with Crippen molar-refractivity contribution in [2.45, 2.75) is 38.2 Å². The fraction of sp³-hybridized carbons (Fsp3) is 0.526. The van der Waals surface area contributed by atoms with Gasteiger partial charge < -0.3 is 15.0 Å². The van der Waals surface area contributed by atoms with Gasteiger partial charge in [0, 0.05) is 25.4 Å². The van der Waals surface area contributed by atoms with E-state index in [1.165, 1.54) is 0 Å². The molecule has 0 bridgehead atoms. The van der Waals surface area contributed by atoms with Crippen LogP contribution in [-0.2, 0) is 4.74 Å². The number of carbonyl (C=O) groups is 1. The van der Waals surface area contributed by atoms with Crippen LogP contribution in [0.3, 0.4) is 0 Å². The number of benzene rings is 1. The lowest BCUT2D eigenvalue weighted by molar-refractivity contribution is 0.0791. The number of hydrogen-bond acceptors (Lipinski definition) is 2. The molecule has 0 unspecified atom stereocenters. The summed E-state index contributed by atoms with van der Waals surface area (Å²) in [6.07, 6.45) is 10.2. The lowest BCUT2D eigenvalue weighted by Crippen LogP contribution is -2.43. The van der Waals surface area contributed by atoms with Gasteiger partial charge in [-0.1, -0.05) is 30.4 Å². The summed E-state index contributed by atoms with van der Waals surface area (Å²) < 4.78 is 5.74. The predicted molar refractivity (Wildman–Crippen MR) is 92.5 cm³/mol. The van der Waals surface area contributed by atoms with E-state index in [2.05, 4.69) is 17.5 Å². The average Bonchev–Trinajstić information content (AvgIpc) is 3.09. The highest BCUT2D eigenvalue weighted by atomic mass is 16.5. The van der Waals surface area contributed by atoms with Gasteiger partial charge in [-0.05, 0) is 50.2 Å². The molecule has 0 aromatic heterocycles. The number of rotatable bonds is 5. The first-order valence-corrected chi connectivity index (χ1v) is 8.69. The van der Waals surface area contributed by atoms with Crippen LogP contribution in [0.25, 0.3) is 0 Å². The van der Waals surface area contributed by atoms with E-state index in [-0.39, 0.29) is 12.1 Å². The molecule has 0 saturated carbocycles. The maximum absolute atomic E-state index is 12.7. The Bertz CT molecular complexity index is 523. The van der Waals surface area contributed by atoms with Crippen LogP contribution in [0.2, 0.25) is 0 Å². The Balaban J connectivity index is 1.62. The zero-order valence-electron chi connectivity index (χ0n) is 13.6. The van der Waals surface area contributed by atoms with Gasteiger partial charge in [0.1, 0.15) is 0 Å². The Morgan fingerprint density at radius 3 is 2.74 bits per heavy atom. The highest BCUT2D eigenvalue weighted by Gasteiger charge is 2.25. The van der Waals surface area contributed by atoms with Crippen molar-refractivity contribution < 1.29 is 9.53 Å². The third-order valence-corrected chi connectivity index (χ3v) is 4.62. The van der Waals surface area contributed by atoms with E-state index in [4.69, 9.17) is 4.74 Å². The quantitative estimate of drug-likeness (QED) is 0.833. The van der Waals surface area contributed by atoms with E-state index in [9.17, 15) is 4.79 Å². The number of carbonyl (C=O) groups excluding carboxylic acids is 1. The largest absolute Gasteiger partial charge is 0.376 e. The van der Waals surface area contributed by atoms with E-state index >= 15 is 0 Å². The van der Waals surface area contributed by atoms with Gasteiger partial charge in [-0.3, -0.25) is 0 Å².